The number of nitrogens with one attached hydrogen (secondary N) is 1. The van der Waals surface area contributed by atoms with Crippen LogP contribution in [0.1, 0.15) is 35.2 Å². The molecule has 33 heavy (non-hydrogen) atoms. The molecule has 1 saturated heterocycles. The van der Waals surface area contributed by atoms with E-state index in [0.717, 1.165) is 18.7 Å². The van der Waals surface area contributed by atoms with Gasteiger partial charge in [0, 0.05) is 67.7 Å². The van der Waals surface area contributed by atoms with E-state index in [1.807, 2.05) is 30.5 Å². The highest BCUT2D eigenvalue weighted by atomic mass is 19.1. The maximum Gasteiger partial charge on any atom is 0.251 e. The lowest BCUT2D eigenvalue weighted by atomic mass is 9.78. The summed E-state index contributed by atoms with van der Waals surface area (Å²) in [6, 6.07) is 12.0. The van der Waals surface area contributed by atoms with E-state index < -0.39 is 6.04 Å². The summed E-state index contributed by atoms with van der Waals surface area (Å²) < 4.78 is 18.1. The van der Waals surface area contributed by atoms with E-state index in [1.54, 1.807) is 34.5 Å². The van der Waals surface area contributed by atoms with Crippen molar-refractivity contribution in [2.45, 2.75) is 38.4 Å². The first-order valence-electron chi connectivity index (χ1n) is 11.4. The molecule has 172 valence electrons. The number of amides is 1. The van der Waals surface area contributed by atoms with Crippen LogP contribution < -0.4 is 10.9 Å². The second kappa shape index (κ2) is 8.94. The molecule has 0 aliphatic carbocycles. The number of aromatic nitrogens is 3. The summed E-state index contributed by atoms with van der Waals surface area (Å²) in [5.41, 5.74) is 2.05. The summed E-state index contributed by atoms with van der Waals surface area (Å²) in [5.74, 6) is -0.200. The zero-order valence-electron chi connectivity index (χ0n) is 18.7. The average molecular weight is 450 g/mol. The highest BCUT2D eigenvalue weighted by Crippen LogP contribution is 2.41. The molecule has 2 bridgehead atoms. The van der Waals surface area contributed by atoms with E-state index in [9.17, 15) is 14.0 Å². The van der Waals surface area contributed by atoms with Crippen LogP contribution in [0.5, 0.6) is 0 Å². The van der Waals surface area contributed by atoms with E-state index in [4.69, 9.17) is 0 Å². The van der Waals surface area contributed by atoms with Crippen molar-refractivity contribution in [2.24, 2.45) is 5.92 Å². The van der Waals surface area contributed by atoms with E-state index >= 15 is 0 Å². The number of hydrogen-bond donors (Lipinski definition) is 1. The van der Waals surface area contributed by atoms with Gasteiger partial charge in [-0.1, -0.05) is 24.3 Å². The van der Waals surface area contributed by atoms with Gasteiger partial charge < -0.3 is 5.32 Å². The van der Waals surface area contributed by atoms with E-state index in [1.165, 1.54) is 6.07 Å². The fraction of sp³-hybridized carbons (Fsp3) is 0.400. The Morgan fingerprint density at radius 2 is 2.03 bits per heavy atom. The SMILES string of the molecule is Cc1cccc(CN2C[C@@H]3C[C@H](C2)[C@H](C(=O)NCCn2cccn2)n2c3cccc2=O)c1F. The number of fused-ring (bicyclic) bond motifs is 4. The Morgan fingerprint density at radius 1 is 1.18 bits per heavy atom. The van der Waals surface area contributed by atoms with Crippen LogP contribution in [-0.4, -0.2) is 44.8 Å². The van der Waals surface area contributed by atoms with Crippen LogP contribution >= 0.6 is 0 Å². The first-order valence-corrected chi connectivity index (χ1v) is 11.4. The van der Waals surface area contributed by atoms with E-state index in [2.05, 4.69) is 15.3 Å². The standard InChI is InChI=1S/C25H28FN5O2/c1-17-5-2-6-18(23(17)26)14-29-15-19-13-20(16-29)24(31-21(19)7-3-8-22(31)32)25(33)27-10-12-30-11-4-9-28-30/h2-9,11,19-20,24H,10,12-16H2,1H3,(H,27,33)/t19-,20+,24+/m0/s1. The van der Waals surface area contributed by atoms with Gasteiger partial charge in [0.25, 0.3) is 5.56 Å². The number of halogens is 1. The van der Waals surface area contributed by atoms with Crippen LogP contribution in [-0.2, 0) is 17.9 Å². The molecule has 3 aromatic rings. The Morgan fingerprint density at radius 3 is 2.85 bits per heavy atom. The van der Waals surface area contributed by atoms with Crippen molar-refractivity contribution in [1.29, 1.82) is 0 Å². The van der Waals surface area contributed by atoms with Crippen molar-refractivity contribution in [3.63, 3.8) is 0 Å². The maximum atomic E-state index is 14.7. The molecule has 8 heteroatoms. The van der Waals surface area contributed by atoms with Crippen molar-refractivity contribution >= 4 is 5.91 Å². The van der Waals surface area contributed by atoms with Crippen molar-refractivity contribution in [1.82, 2.24) is 24.6 Å². The van der Waals surface area contributed by atoms with Gasteiger partial charge in [-0.2, -0.15) is 5.10 Å². The minimum atomic E-state index is -0.576. The predicted octanol–water partition coefficient (Wildman–Crippen LogP) is 2.47. The van der Waals surface area contributed by atoms with Gasteiger partial charge in [0.1, 0.15) is 11.9 Å². The van der Waals surface area contributed by atoms with Crippen molar-refractivity contribution in [3.8, 4) is 0 Å². The zero-order valence-corrected chi connectivity index (χ0v) is 18.7. The zero-order chi connectivity index (χ0) is 22.9. The van der Waals surface area contributed by atoms with Gasteiger partial charge in [-0.15, -0.1) is 0 Å². The van der Waals surface area contributed by atoms with Crippen LogP contribution in [0.3, 0.4) is 0 Å². The highest BCUT2D eigenvalue weighted by molar-refractivity contribution is 5.81. The molecule has 1 amide bonds. The van der Waals surface area contributed by atoms with E-state index in [0.29, 0.717) is 37.3 Å². The molecule has 0 spiro atoms. The molecule has 7 nitrogen and oxygen atoms in total. The number of nitrogens with zero attached hydrogens (tertiary/aromatic N) is 4. The van der Waals surface area contributed by atoms with Crippen LogP contribution in [0, 0.1) is 18.7 Å². The molecule has 1 aromatic carbocycles. The first-order chi connectivity index (χ1) is 16.0. The second-order valence-electron chi connectivity index (χ2n) is 9.10. The van der Waals surface area contributed by atoms with Crippen molar-refractivity contribution in [3.05, 3.63) is 87.9 Å². The van der Waals surface area contributed by atoms with Gasteiger partial charge in [-0.25, -0.2) is 4.39 Å². The lowest BCUT2D eigenvalue weighted by Gasteiger charge is -2.46. The minimum Gasteiger partial charge on any atom is -0.352 e. The molecule has 4 heterocycles. The summed E-state index contributed by atoms with van der Waals surface area (Å²) in [6.45, 7) is 4.64. The third kappa shape index (κ3) is 4.23. The number of carbonyl (C=O) groups excluding carboxylic acids is 1. The molecule has 0 saturated carbocycles. The lowest BCUT2D eigenvalue weighted by molar-refractivity contribution is -0.127. The van der Waals surface area contributed by atoms with Crippen LogP contribution in [0.4, 0.5) is 4.39 Å². The molecule has 1 N–H and O–H groups in total. The van der Waals surface area contributed by atoms with Gasteiger partial charge in [0.2, 0.25) is 5.91 Å². The molecular formula is C25H28FN5O2. The number of benzene rings is 1. The summed E-state index contributed by atoms with van der Waals surface area (Å²) >= 11 is 0. The molecule has 2 aliphatic rings. The lowest BCUT2D eigenvalue weighted by Crippen LogP contribution is -2.53. The van der Waals surface area contributed by atoms with Gasteiger partial charge in [0.05, 0.1) is 6.54 Å². The largest absolute Gasteiger partial charge is 0.352 e. The average Bonchev–Trinajstić information content (AvgIpc) is 3.31. The maximum absolute atomic E-state index is 14.7. The Labute approximate surface area is 191 Å². The number of likely N-dealkylation sites (tertiary alicyclic amines) is 1. The molecule has 3 atom stereocenters. The monoisotopic (exact) mass is 449 g/mol. The summed E-state index contributed by atoms with van der Waals surface area (Å²) in [7, 11) is 0. The number of hydrogen-bond acceptors (Lipinski definition) is 4. The van der Waals surface area contributed by atoms with Crippen LogP contribution in [0.25, 0.3) is 0 Å². The first kappa shape index (κ1) is 21.6. The number of piperidine rings is 1. The predicted molar refractivity (Wildman–Crippen MR) is 122 cm³/mol. The number of carbonyl (C=O) groups is 1. The molecular weight excluding hydrogens is 421 g/mol. The number of rotatable bonds is 6. The Bertz CT molecular complexity index is 1210. The Kier molecular flexibility index (Phi) is 5.85. The summed E-state index contributed by atoms with van der Waals surface area (Å²) in [6.07, 6.45) is 4.39. The minimum absolute atomic E-state index is 0.0195. The molecule has 1 fully saturated rings. The van der Waals surface area contributed by atoms with Gasteiger partial charge >= 0.3 is 0 Å². The smallest absolute Gasteiger partial charge is 0.251 e. The Balaban J connectivity index is 1.39. The molecule has 2 aromatic heterocycles. The topological polar surface area (TPSA) is 72.2 Å². The second-order valence-corrected chi connectivity index (χ2v) is 9.10. The normalized spacial score (nSPS) is 22.1. The number of aryl methyl sites for hydroxylation is 1. The van der Waals surface area contributed by atoms with Crippen molar-refractivity contribution < 1.29 is 9.18 Å². The summed E-state index contributed by atoms with van der Waals surface area (Å²) in [5, 5.41) is 7.17. The summed E-state index contributed by atoms with van der Waals surface area (Å²) in [4.78, 5) is 28.4. The third-order valence-electron chi connectivity index (χ3n) is 6.86. The van der Waals surface area contributed by atoms with Crippen LogP contribution in [0.15, 0.2) is 59.7 Å². The molecule has 0 radical (unpaired) electrons. The number of pyridine rings is 1. The third-order valence-corrected chi connectivity index (χ3v) is 6.86. The quantitative estimate of drug-likeness (QED) is 0.628. The van der Waals surface area contributed by atoms with Gasteiger partial charge in [0.15, 0.2) is 0 Å². The van der Waals surface area contributed by atoms with E-state index in [-0.39, 0.29) is 29.1 Å². The van der Waals surface area contributed by atoms with Crippen molar-refractivity contribution in [2.75, 3.05) is 19.6 Å². The van der Waals surface area contributed by atoms with Crippen LogP contribution in [0.2, 0.25) is 0 Å². The Hall–Kier alpha value is -3.26. The fourth-order valence-corrected chi connectivity index (χ4v) is 5.40. The van der Waals surface area contributed by atoms with Gasteiger partial charge in [-0.3, -0.25) is 23.7 Å². The molecule has 2 aliphatic heterocycles. The molecule has 0 unspecified atom stereocenters. The fourth-order valence-electron chi connectivity index (χ4n) is 5.40. The highest BCUT2D eigenvalue weighted by Gasteiger charge is 2.43. The molecule has 5 rings (SSSR count). The van der Waals surface area contributed by atoms with Gasteiger partial charge in [-0.05, 0) is 31.0 Å².